The summed E-state index contributed by atoms with van der Waals surface area (Å²) in [5.74, 6) is 0. The number of hydrogen-bond acceptors (Lipinski definition) is 5. The van der Waals surface area contributed by atoms with Gasteiger partial charge in [-0.2, -0.15) is 0 Å². The first-order valence-electron chi connectivity index (χ1n) is 8.21. The minimum absolute atomic E-state index is 0.214. The van der Waals surface area contributed by atoms with Crippen LogP contribution in [0.25, 0.3) is 0 Å². The van der Waals surface area contributed by atoms with Gasteiger partial charge in [-0.3, -0.25) is 9.88 Å². The molecular weight excluding hydrogens is 292 g/mol. The van der Waals surface area contributed by atoms with Crippen molar-refractivity contribution in [1.82, 2.24) is 14.8 Å². The molecular formula is C17H28N4O2. The highest BCUT2D eigenvalue weighted by Gasteiger charge is 2.24. The van der Waals surface area contributed by atoms with Gasteiger partial charge in [0, 0.05) is 45.5 Å². The third kappa shape index (κ3) is 5.80. The summed E-state index contributed by atoms with van der Waals surface area (Å²) in [5, 5.41) is 0. The van der Waals surface area contributed by atoms with Gasteiger partial charge in [-0.15, -0.1) is 0 Å². The molecule has 0 aliphatic carbocycles. The number of ether oxygens (including phenoxy) is 1. The molecule has 23 heavy (non-hydrogen) atoms. The normalized spacial score (nSPS) is 17.0. The van der Waals surface area contributed by atoms with E-state index in [0.717, 1.165) is 38.3 Å². The Morgan fingerprint density at radius 2 is 2.09 bits per heavy atom. The highest BCUT2D eigenvalue weighted by atomic mass is 16.6. The van der Waals surface area contributed by atoms with Crippen molar-refractivity contribution >= 4 is 6.09 Å². The first-order chi connectivity index (χ1) is 10.9. The van der Waals surface area contributed by atoms with Crippen LogP contribution in [0.15, 0.2) is 18.3 Å². The first-order valence-corrected chi connectivity index (χ1v) is 8.21. The van der Waals surface area contributed by atoms with Gasteiger partial charge in [-0.1, -0.05) is 0 Å². The van der Waals surface area contributed by atoms with E-state index in [0.29, 0.717) is 13.1 Å². The average Bonchev–Trinajstić information content (AvgIpc) is 2.71. The van der Waals surface area contributed by atoms with Gasteiger partial charge in [-0.05, 0) is 44.9 Å². The molecule has 2 rings (SSSR count). The van der Waals surface area contributed by atoms with Crippen molar-refractivity contribution in [1.29, 1.82) is 0 Å². The lowest BCUT2D eigenvalue weighted by Crippen LogP contribution is -2.39. The summed E-state index contributed by atoms with van der Waals surface area (Å²) < 4.78 is 5.46. The van der Waals surface area contributed by atoms with Gasteiger partial charge in [-0.25, -0.2) is 4.79 Å². The van der Waals surface area contributed by atoms with E-state index in [9.17, 15) is 4.79 Å². The third-order valence-corrected chi connectivity index (χ3v) is 3.74. The highest BCUT2D eigenvalue weighted by Crippen LogP contribution is 2.13. The molecule has 0 atom stereocenters. The Morgan fingerprint density at radius 1 is 1.30 bits per heavy atom. The monoisotopic (exact) mass is 320 g/mol. The standard InChI is InChI=1S/C17H28N4O2/c1-17(2,3)23-16(22)21-8-4-7-20(9-10-21)13-14-5-6-19-15(11-14)12-18/h5-6,11H,4,7-10,12-13,18H2,1-3H3. The van der Waals surface area contributed by atoms with Crippen molar-refractivity contribution in [2.24, 2.45) is 5.73 Å². The van der Waals surface area contributed by atoms with Crippen LogP contribution in [0, 0.1) is 0 Å². The van der Waals surface area contributed by atoms with Crippen molar-refractivity contribution in [2.75, 3.05) is 26.2 Å². The quantitative estimate of drug-likeness (QED) is 0.922. The van der Waals surface area contributed by atoms with Gasteiger partial charge in [0.1, 0.15) is 5.60 Å². The molecule has 1 aromatic rings. The van der Waals surface area contributed by atoms with E-state index in [1.54, 1.807) is 0 Å². The van der Waals surface area contributed by atoms with Gasteiger partial charge in [0.15, 0.2) is 0 Å². The molecule has 2 N–H and O–H groups in total. The summed E-state index contributed by atoms with van der Waals surface area (Å²) in [6.45, 7) is 10.3. The second-order valence-electron chi connectivity index (χ2n) is 6.96. The van der Waals surface area contributed by atoms with Crippen LogP contribution in [-0.4, -0.2) is 52.7 Å². The Kier molecular flexibility index (Phi) is 5.96. The van der Waals surface area contributed by atoms with Crippen molar-refractivity contribution in [2.45, 2.75) is 45.9 Å². The molecule has 1 aliphatic heterocycles. The van der Waals surface area contributed by atoms with Crippen LogP contribution in [0.2, 0.25) is 0 Å². The lowest BCUT2D eigenvalue weighted by Gasteiger charge is -2.26. The molecule has 1 amide bonds. The lowest BCUT2D eigenvalue weighted by atomic mass is 10.2. The average molecular weight is 320 g/mol. The molecule has 0 spiro atoms. The van der Waals surface area contributed by atoms with Crippen LogP contribution >= 0.6 is 0 Å². The molecule has 6 heteroatoms. The lowest BCUT2D eigenvalue weighted by molar-refractivity contribution is 0.0257. The second-order valence-corrected chi connectivity index (χ2v) is 6.96. The van der Waals surface area contributed by atoms with E-state index in [2.05, 4.69) is 16.0 Å². The van der Waals surface area contributed by atoms with Crippen molar-refractivity contribution in [3.63, 3.8) is 0 Å². The number of nitrogens with two attached hydrogens (primary N) is 1. The zero-order valence-corrected chi connectivity index (χ0v) is 14.4. The molecule has 128 valence electrons. The van der Waals surface area contributed by atoms with E-state index >= 15 is 0 Å². The molecule has 1 aromatic heterocycles. The summed E-state index contributed by atoms with van der Waals surface area (Å²) in [6.07, 6.45) is 2.55. The number of hydrogen-bond donors (Lipinski definition) is 1. The first kappa shape index (κ1) is 17.7. The maximum absolute atomic E-state index is 12.2. The van der Waals surface area contributed by atoms with E-state index in [1.165, 1.54) is 5.56 Å². The smallest absolute Gasteiger partial charge is 0.410 e. The Labute approximate surface area is 138 Å². The van der Waals surface area contributed by atoms with Crippen molar-refractivity contribution < 1.29 is 9.53 Å². The predicted molar refractivity (Wildman–Crippen MR) is 89.8 cm³/mol. The zero-order chi connectivity index (χ0) is 16.9. The molecule has 0 radical (unpaired) electrons. The molecule has 0 bridgehead atoms. The van der Waals surface area contributed by atoms with Crippen LogP contribution in [0.5, 0.6) is 0 Å². The number of rotatable bonds is 3. The van der Waals surface area contributed by atoms with Crippen LogP contribution in [0.1, 0.15) is 38.4 Å². The molecule has 0 unspecified atom stereocenters. The largest absolute Gasteiger partial charge is 0.444 e. The number of aromatic nitrogens is 1. The van der Waals surface area contributed by atoms with Gasteiger partial charge >= 0.3 is 6.09 Å². The maximum Gasteiger partial charge on any atom is 0.410 e. The summed E-state index contributed by atoms with van der Waals surface area (Å²) >= 11 is 0. The van der Waals surface area contributed by atoms with Gasteiger partial charge in [0.2, 0.25) is 0 Å². The minimum Gasteiger partial charge on any atom is -0.444 e. The fourth-order valence-electron chi connectivity index (χ4n) is 2.63. The summed E-state index contributed by atoms with van der Waals surface area (Å²) in [5.41, 5.74) is 7.32. The molecule has 1 fully saturated rings. The summed E-state index contributed by atoms with van der Waals surface area (Å²) in [6, 6.07) is 4.08. The maximum atomic E-state index is 12.2. The molecule has 1 aliphatic rings. The van der Waals surface area contributed by atoms with Crippen LogP contribution < -0.4 is 5.73 Å². The van der Waals surface area contributed by atoms with Gasteiger partial charge < -0.3 is 15.4 Å². The van der Waals surface area contributed by atoms with E-state index in [4.69, 9.17) is 10.5 Å². The molecule has 1 saturated heterocycles. The molecule has 0 aromatic carbocycles. The minimum atomic E-state index is -0.446. The third-order valence-electron chi connectivity index (χ3n) is 3.74. The number of carbonyl (C=O) groups excluding carboxylic acids is 1. The summed E-state index contributed by atoms with van der Waals surface area (Å²) in [4.78, 5) is 20.6. The van der Waals surface area contributed by atoms with E-state index in [1.807, 2.05) is 37.9 Å². The Bertz CT molecular complexity index is 528. The topological polar surface area (TPSA) is 71.7 Å². The summed E-state index contributed by atoms with van der Waals surface area (Å²) in [7, 11) is 0. The van der Waals surface area contributed by atoms with Crippen molar-refractivity contribution in [3.05, 3.63) is 29.6 Å². The molecule has 2 heterocycles. The fraction of sp³-hybridized carbons (Fsp3) is 0.647. The van der Waals surface area contributed by atoms with Crippen LogP contribution in [-0.2, 0) is 17.8 Å². The van der Waals surface area contributed by atoms with Gasteiger partial charge in [0.25, 0.3) is 0 Å². The predicted octanol–water partition coefficient (Wildman–Crippen LogP) is 1.98. The fourth-order valence-corrected chi connectivity index (χ4v) is 2.63. The SMILES string of the molecule is CC(C)(C)OC(=O)N1CCCN(Cc2ccnc(CN)c2)CC1. The van der Waals surface area contributed by atoms with Crippen LogP contribution in [0.4, 0.5) is 4.79 Å². The number of nitrogens with zero attached hydrogens (tertiary/aromatic N) is 3. The zero-order valence-electron chi connectivity index (χ0n) is 14.4. The highest BCUT2D eigenvalue weighted by molar-refractivity contribution is 5.68. The van der Waals surface area contributed by atoms with Crippen molar-refractivity contribution in [3.8, 4) is 0 Å². The van der Waals surface area contributed by atoms with Crippen LogP contribution in [0.3, 0.4) is 0 Å². The second kappa shape index (κ2) is 7.75. The number of carbonyl (C=O) groups is 1. The molecule has 0 saturated carbocycles. The number of amides is 1. The Morgan fingerprint density at radius 3 is 2.78 bits per heavy atom. The number of pyridine rings is 1. The van der Waals surface area contributed by atoms with E-state index in [-0.39, 0.29) is 6.09 Å². The van der Waals surface area contributed by atoms with E-state index < -0.39 is 5.60 Å². The van der Waals surface area contributed by atoms with Gasteiger partial charge in [0.05, 0.1) is 5.69 Å². The Balaban J connectivity index is 1.89. The molecule has 6 nitrogen and oxygen atoms in total. The Hall–Kier alpha value is -1.66.